The van der Waals surface area contributed by atoms with Gasteiger partial charge in [-0.15, -0.1) is 0 Å². The third-order valence-electron chi connectivity index (χ3n) is 0.819. The Hall–Kier alpha value is -1.16. The lowest BCUT2D eigenvalue weighted by Gasteiger charge is -1.93. The second-order valence-corrected chi connectivity index (χ2v) is 1.47. The molecular weight excluding hydrogens is 120 g/mol. The van der Waals surface area contributed by atoms with E-state index >= 15 is 0 Å². The molecule has 50 valence electrons. The van der Waals surface area contributed by atoms with Gasteiger partial charge < -0.3 is 11.5 Å². The van der Waals surface area contributed by atoms with Crippen molar-refractivity contribution in [1.29, 1.82) is 0 Å². The second kappa shape index (κ2) is 2.99. The maximum absolute atomic E-state index is 10.4. The number of hydrogen-bond acceptors (Lipinski definition) is 3. The fraction of sp³-hybridized carbons (Fsp3) is 0.200. The van der Waals surface area contributed by atoms with E-state index in [1.807, 2.05) is 0 Å². The average Bonchev–Trinajstić information content (AvgIpc) is 1.84. The van der Waals surface area contributed by atoms with E-state index in [9.17, 15) is 9.59 Å². The van der Waals surface area contributed by atoms with Gasteiger partial charge in [-0.25, -0.2) is 0 Å². The summed E-state index contributed by atoms with van der Waals surface area (Å²) in [5, 5.41) is 0. The van der Waals surface area contributed by atoms with E-state index in [0.717, 1.165) is 0 Å². The smallest absolute Gasteiger partial charge is 0.251 e. The Kier molecular flexibility index (Phi) is 2.60. The van der Waals surface area contributed by atoms with Crippen LogP contribution in [0.15, 0.2) is 12.2 Å². The van der Waals surface area contributed by atoms with Crippen LogP contribution in [0.4, 0.5) is 0 Å². The molecule has 0 aromatic carbocycles. The van der Waals surface area contributed by atoms with Crippen LogP contribution in [0.3, 0.4) is 0 Å². The van der Waals surface area contributed by atoms with Crippen molar-refractivity contribution in [3.8, 4) is 0 Å². The van der Waals surface area contributed by atoms with Crippen LogP contribution in [-0.2, 0) is 9.59 Å². The third-order valence-corrected chi connectivity index (χ3v) is 0.819. The van der Waals surface area contributed by atoms with Crippen molar-refractivity contribution in [3.05, 3.63) is 12.2 Å². The van der Waals surface area contributed by atoms with Crippen LogP contribution in [0.25, 0.3) is 0 Å². The van der Waals surface area contributed by atoms with E-state index in [0.29, 0.717) is 0 Å². The lowest BCUT2D eigenvalue weighted by molar-refractivity contribution is -0.120. The van der Waals surface area contributed by atoms with Gasteiger partial charge in [-0.2, -0.15) is 0 Å². The normalized spacial score (nSPS) is 8.56. The highest BCUT2D eigenvalue weighted by Gasteiger charge is 2.08. The molecule has 0 heterocycles. The first-order valence-corrected chi connectivity index (χ1v) is 2.31. The van der Waals surface area contributed by atoms with Crippen molar-refractivity contribution in [2.45, 2.75) is 0 Å². The SMILES string of the molecule is C=C(C(N)=O)C(=O)CN. The summed E-state index contributed by atoms with van der Waals surface area (Å²) in [7, 11) is 0. The zero-order chi connectivity index (χ0) is 7.44. The van der Waals surface area contributed by atoms with E-state index in [1.54, 1.807) is 0 Å². The van der Waals surface area contributed by atoms with Crippen LogP contribution < -0.4 is 11.5 Å². The molecule has 0 fully saturated rings. The quantitative estimate of drug-likeness (QED) is 0.277. The van der Waals surface area contributed by atoms with Crippen LogP contribution in [0, 0.1) is 0 Å². The van der Waals surface area contributed by atoms with Crippen molar-refractivity contribution in [3.63, 3.8) is 0 Å². The van der Waals surface area contributed by atoms with Crippen molar-refractivity contribution >= 4 is 11.7 Å². The topological polar surface area (TPSA) is 86.2 Å². The molecule has 9 heavy (non-hydrogen) atoms. The Morgan fingerprint density at radius 2 is 1.89 bits per heavy atom. The molecule has 1 amide bonds. The first kappa shape index (κ1) is 7.84. The lowest BCUT2D eigenvalue weighted by atomic mass is 10.2. The van der Waals surface area contributed by atoms with E-state index < -0.39 is 11.7 Å². The van der Waals surface area contributed by atoms with Gasteiger partial charge in [0, 0.05) is 0 Å². The molecule has 0 aliphatic carbocycles. The lowest BCUT2D eigenvalue weighted by Crippen LogP contribution is -2.24. The Labute approximate surface area is 52.5 Å². The Balaban J connectivity index is 4.05. The number of primary amides is 1. The zero-order valence-corrected chi connectivity index (χ0v) is 4.89. The molecule has 0 bridgehead atoms. The molecule has 0 spiro atoms. The molecule has 0 saturated heterocycles. The van der Waals surface area contributed by atoms with Gasteiger partial charge in [-0.3, -0.25) is 9.59 Å². The van der Waals surface area contributed by atoms with Crippen LogP contribution in [-0.4, -0.2) is 18.2 Å². The molecule has 0 unspecified atom stereocenters. The fourth-order valence-electron chi connectivity index (χ4n) is 0.261. The molecule has 4 N–H and O–H groups in total. The highest BCUT2D eigenvalue weighted by Crippen LogP contribution is 1.86. The molecule has 0 aliphatic rings. The van der Waals surface area contributed by atoms with E-state index in [-0.39, 0.29) is 12.1 Å². The van der Waals surface area contributed by atoms with Crippen LogP contribution >= 0.6 is 0 Å². The minimum atomic E-state index is -0.814. The maximum atomic E-state index is 10.4. The molecule has 0 aromatic heterocycles. The van der Waals surface area contributed by atoms with Gasteiger partial charge in [0.05, 0.1) is 12.1 Å². The number of ketones is 1. The Morgan fingerprint density at radius 3 is 2.00 bits per heavy atom. The largest absolute Gasteiger partial charge is 0.366 e. The van der Waals surface area contributed by atoms with Gasteiger partial charge in [-0.1, -0.05) is 6.58 Å². The van der Waals surface area contributed by atoms with Crippen molar-refractivity contribution in [1.82, 2.24) is 0 Å². The van der Waals surface area contributed by atoms with E-state index in [1.165, 1.54) is 0 Å². The first-order chi connectivity index (χ1) is 4.09. The summed E-state index contributed by atoms with van der Waals surface area (Å²) in [5.74, 6) is -1.33. The number of carbonyl (C=O) groups is 2. The van der Waals surface area contributed by atoms with E-state index in [4.69, 9.17) is 11.5 Å². The summed E-state index contributed by atoms with van der Waals surface area (Å²) in [5.41, 5.74) is 9.35. The summed E-state index contributed by atoms with van der Waals surface area (Å²) >= 11 is 0. The summed E-state index contributed by atoms with van der Waals surface area (Å²) in [6.45, 7) is 2.90. The Bertz CT molecular complexity index is 162. The summed E-state index contributed by atoms with van der Waals surface area (Å²) in [6.07, 6.45) is 0. The van der Waals surface area contributed by atoms with Gasteiger partial charge in [0.15, 0.2) is 5.78 Å². The average molecular weight is 128 g/mol. The van der Waals surface area contributed by atoms with Crippen LogP contribution in [0.5, 0.6) is 0 Å². The molecular formula is C5H8N2O2. The van der Waals surface area contributed by atoms with Gasteiger partial charge in [-0.05, 0) is 0 Å². The molecule has 0 saturated carbocycles. The molecule has 0 radical (unpaired) electrons. The van der Waals surface area contributed by atoms with Gasteiger partial charge in [0.1, 0.15) is 0 Å². The molecule has 0 rings (SSSR count). The van der Waals surface area contributed by atoms with Gasteiger partial charge in [0.2, 0.25) is 0 Å². The molecule has 0 aromatic rings. The molecule has 4 heteroatoms. The Morgan fingerprint density at radius 1 is 1.44 bits per heavy atom. The van der Waals surface area contributed by atoms with E-state index in [2.05, 4.69) is 6.58 Å². The summed E-state index contributed by atoms with van der Waals surface area (Å²) < 4.78 is 0. The molecule has 0 atom stereocenters. The highest BCUT2D eigenvalue weighted by molar-refractivity contribution is 6.18. The van der Waals surface area contributed by atoms with Crippen molar-refractivity contribution < 1.29 is 9.59 Å². The fourth-order valence-corrected chi connectivity index (χ4v) is 0.261. The predicted molar refractivity (Wildman–Crippen MR) is 32.4 cm³/mol. The van der Waals surface area contributed by atoms with Crippen molar-refractivity contribution in [2.75, 3.05) is 6.54 Å². The monoisotopic (exact) mass is 128 g/mol. The van der Waals surface area contributed by atoms with Gasteiger partial charge >= 0.3 is 0 Å². The van der Waals surface area contributed by atoms with Crippen LogP contribution in [0.1, 0.15) is 0 Å². The standard InChI is InChI=1S/C5H8N2O2/c1-3(5(7)9)4(8)2-6/h1-2,6H2,(H2,7,9). The minimum Gasteiger partial charge on any atom is -0.366 e. The number of nitrogens with two attached hydrogens (primary N) is 2. The van der Waals surface area contributed by atoms with Crippen molar-refractivity contribution in [2.24, 2.45) is 11.5 Å². The number of rotatable bonds is 3. The predicted octanol–water partition coefficient (Wildman–Crippen LogP) is -1.44. The second-order valence-electron chi connectivity index (χ2n) is 1.47. The van der Waals surface area contributed by atoms with Gasteiger partial charge in [0.25, 0.3) is 5.91 Å². The maximum Gasteiger partial charge on any atom is 0.251 e. The number of carbonyl (C=O) groups excluding carboxylic acids is 2. The summed E-state index contributed by atoms with van der Waals surface area (Å²) in [4.78, 5) is 20.6. The minimum absolute atomic E-state index is 0.220. The molecule has 0 aliphatic heterocycles. The molecule has 4 nitrogen and oxygen atoms in total. The van der Waals surface area contributed by atoms with Crippen LogP contribution in [0.2, 0.25) is 0 Å². The summed E-state index contributed by atoms with van der Waals surface area (Å²) in [6, 6.07) is 0. The third kappa shape index (κ3) is 2.05. The number of Topliss-reactive ketones (excluding diaryl/α,β-unsaturated/α-hetero) is 1. The first-order valence-electron chi connectivity index (χ1n) is 2.31. The highest BCUT2D eigenvalue weighted by atomic mass is 16.2. The number of hydrogen-bond donors (Lipinski definition) is 2. The number of amides is 1. The zero-order valence-electron chi connectivity index (χ0n) is 4.89.